The number of aromatic nitrogens is 4. The van der Waals surface area contributed by atoms with Crippen LogP contribution in [0, 0.1) is 6.92 Å². The molecule has 2 aromatic heterocycles. The molecule has 17 heavy (non-hydrogen) atoms. The van der Waals surface area contributed by atoms with Gasteiger partial charge in [-0.3, -0.25) is 20.0 Å². The molecule has 2 aromatic rings. The lowest BCUT2D eigenvalue weighted by molar-refractivity contribution is -0.114. The number of H-pyrrole nitrogens is 1. The Morgan fingerprint density at radius 1 is 1.47 bits per heavy atom. The van der Waals surface area contributed by atoms with Crippen molar-refractivity contribution < 1.29 is 4.79 Å². The minimum absolute atomic E-state index is 0. The highest BCUT2D eigenvalue weighted by Gasteiger charge is 2.11. The molecule has 0 aliphatic rings. The van der Waals surface area contributed by atoms with E-state index in [0.29, 0.717) is 5.69 Å². The van der Waals surface area contributed by atoms with Crippen LogP contribution in [-0.2, 0) is 4.79 Å². The molecule has 0 saturated heterocycles. The molecule has 0 fully saturated rings. The number of aryl methyl sites for hydroxylation is 1. The summed E-state index contributed by atoms with van der Waals surface area (Å²) in [5.74, 6) is 0.0179. The van der Waals surface area contributed by atoms with Crippen molar-refractivity contribution in [3.05, 3.63) is 21.1 Å². The molecule has 7 nitrogen and oxygen atoms in total. The van der Waals surface area contributed by atoms with Gasteiger partial charge in [-0.15, -0.1) is 12.4 Å². The van der Waals surface area contributed by atoms with Crippen LogP contribution in [-0.4, -0.2) is 25.5 Å². The first kappa shape index (κ1) is 13.5. The summed E-state index contributed by atoms with van der Waals surface area (Å²) >= 11 is 5.74. The second-order valence-electron chi connectivity index (χ2n) is 3.21. The molecule has 0 saturated carbocycles. The number of hydrogen-bond donors (Lipinski definition) is 2. The molecule has 2 rings (SSSR count). The Labute approximate surface area is 107 Å². The van der Waals surface area contributed by atoms with Crippen molar-refractivity contribution in [2.45, 2.75) is 13.8 Å². The van der Waals surface area contributed by atoms with E-state index in [1.807, 2.05) is 0 Å². The molecule has 0 unspecified atom stereocenters. The molecule has 0 radical (unpaired) electrons. The van der Waals surface area contributed by atoms with E-state index in [4.69, 9.17) is 11.6 Å². The van der Waals surface area contributed by atoms with Crippen LogP contribution in [0.2, 0.25) is 5.02 Å². The van der Waals surface area contributed by atoms with Crippen LogP contribution in [0.15, 0.2) is 4.79 Å². The van der Waals surface area contributed by atoms with Crippen LogP contribution >= 0.6 is 24.0 Å². The summed E-state index contributed by atoms with van der Waals surface area (Å²) < 4.78 is 1.07. The highest BCUT2D eigenvalue weighted by Crippen LogP contribution is 2.08. The number of anilines is 1. The Morgan fingerprint density at radius 2 is 2.12 bits per heavy atom. The third-order valence-corrected chi connectivity index (χ3v) is 2.34. The maximum absolute atomic E-state index is 11.7. The molecule has 0 spiro atoms. The SMILES string of the molecule is CC(=O)Nc1nc2nc(C)c(Cl)c(=O)n2[nH]1.Cl. The monoisotopic (exact) mass is 277 g/mol. The minimum atomic E-state index is -0.451. The minimum Gasteiger partial charge on any atom is -0.295 e. The van der Waals surface area contributed by atoms with Gasteiger partial charge < -0.3 is 0 Å². The van der Waals surface area contributed by atoms with E-state index < -0.39 is 5.56 Å². The van der Waals surface area contributed by atoms with E-state index in [9.17, 15) is 9.59 Å². The Hall–Kier alpha value is -1.60. The number of carbonyl (C=O) groups is 1. The lowest BCUT2D eigenvalue weighted by Gasteiger charge is -1.95. The van der Waals surface area contributed by atoms with E-state index in [-0.39, 0.29) is 35.1 Å². The van der Waals surface area contributed by atoms with Crippen molar-refractivity contribution in [3.63, 3.8) is 0 Å². The lowest BCUT2D eigenvalue weighted by Crippen LogP contribution is -2.17. The number of carbonyl (C=O) groups excluding carboxylic acids is 1. The standard InChI is InChI=1S/C8H8ClN5O2.ClH/c1-3-5(9)6(16)14-8(10-3)12-7(13-14)11-4(2)15;/h1-2H3,(H2,10,11,12,13,15);1H. The summed E-state index contributed by atoms with van der Waals surface area (Å²) in [6, 6.07) is 0. The third kappa shape index (κ3) is 2.40. The smallest absolute Gasteiger partial charge is 0.293 e. The molecule has 92 valence electrons. The third-order valence-electron chi connectivity index (χ3n) is 1.90. The van der Waals surface area contributed by atoms with Gasteiger partial charge in [0, 0.05) is 6.92 Å². The predicted octanol–water partition coefficient (Wildman–Crippen LogP) is 0.760. The molecule has 2 N–H and O–H groups in total. The molecule has 1 amide bonds. The van der Waals surface area contributed by atoms with Crippen LogP contribution in [0.4, 0.5) is 5.95 Å². The van der Waals surface area contributed by atoms with Crippen LogP contribution in [0.25, 0.3) is 5.78 Å². The van der Waals surface area contributed by atoms with Gasteiger partial charge in [0.25, 0.3) is 11.3 Å². The average Bonchev–Trinajstić information content (AvgIpc) is 2.56. The molecule has 0 aromatic carbocycles. The normalized spacial score (nSPS) is 10.1. The number of aromatic amines is 1. The Morgan fingerprint density at radius 3 is 2.71 bits per heavy atom. The highest BCUT2D eigenvalue weighted by molar-refractivity contribution is 6.31. The topological polar surface area (TPSA) is 92.2 Å². The first-order chi connectivity index (χ1) is 7.49. The number of nitrogens with zero attached hydrogens (tertiary/aromatic N) is 3. The van der Waals surface area contributed by atoms with Crippen molar-refractivity contribution in [1.29, 1.82) is 0 Å². The average molecular weight is 278 g/mol. The van der Waals surface area contributed by atoms with Crippen LogP contribution in [0.3, 0.4) is 0 Å². The lowest BCUT2D eigenvalue weighted by atomic mass is 10.4. The zero-order chi connectivity index (χ0) is 11.9. The van der Waals surface area contributed by atoms with Crippen molar-refractivity contribution >= 4 is 41.6 Å². The highest BCUT2D eigenvalue weighted by atomic mass is 35.5. The fourth-order valence-electron chi connectivity index (χ4n) is 1.22. The Balaban J connectivity index is 0.00000144. The molecular weight excluding hydrogens is 269 g/mol. The van der Waals surface area contributed by atoms with Gasteiger partial charge in [-0.1, -0.05) is 11.6 Å². The van der Waals surface area contributed by atoms with Gasteiger partial charge in [0.15, 0.2) is 0 Å². The molecule has 0 bridgehead atoms. The maximum atomic E-state index is 11.7. The molecule has 0 aliphatic carbocycles. The van der Waals surface area contributed by atoms with Gasteiger partial charge >= 0.3 is 0 Å². The summed E-state index contributed by atoms with van der Waals surface area (Å²) in [5, 5.41) is 5.01. The van der Waals surface area contributed by atoms with E-state index in [1.165, 1.54) is 6.92 Å². The van der Waals surface area contributed by atoms with Gasteiger partial charge in [0.05, 0.1) is 5.69 Å². The summed E-state index contributed by atoms with van der Waals surface area (Å²) in [7, 11) is 0. The van der Waals surface area contributed by atoms with Gasteiger partial charge in [-0.05, 0) is 6.92 Å². The first-order valence-corrected chi connectivity index (χ1v) is 4.79. The molecule has 0 aliphatic heterocycles. The number of amides is 1. The van der Waals surface area contributed by atoms with Crippen molar-refractivity contribution in [2.24, 2.45) is 0 Å². The van der Waals surface area contributed by atoms with Crippen molar-refractivity contribution in [1.82, 2.24) is 19.6 Å². The van der Waals surface area contributed by atoms with Crippen LogP contribution < -0.4 is 10.9 Å². The van der Waals surface area contributed by atoms with Gasteiger partial charge in [0.2, 0.25) is 11.9 Å². The van der Waals surface area contributed by atoms with E-state index >= 15 is 0 Å². The number of fused-ring (bicyclic) bond motifs is 1. The fourth-order valence-corrected chi connectivity index (χ4v) is 1.35. The van der Waals surface area contributed by atoms with E-state index in [2.05, 4.69) is 20.4 Å². The summed E-state index contributed by atoms with van der Waals surface area (Å²) in [6.07, 6.45) is 0. The Bertz CT molecular complexity index is 633. The van der Waals surface area contributed by atoms with Gasteiger partial charge in [0.1, 0.15) is 5.02 Å². The fraction of sp³-hybridized carbons (Fsp3) is 0.250. The number of hydrogen-bond acceptors (Lipinski definition) is 4. The first-order valence-electron chi connectivity index (χ1n) is 4.41. The zero-order valence-corrected chi connectivity index (χ0v) is 10.5. The largest absolute Gasteiger partial charge is 0.295 e. The van der Waals surface area contributed by atoms with E-state index in [0.717, 1.165) is 4.52 Å². The van der Waals surface area contributed by atoms with E-state index in [1.54, 1.807) is 6.92 Å². The molecular formula is C8H9Cl2N5O2. The Kier molecular flexibility index (Phi) is 3.74. The maximum Gasteiger partial charge on any atom is 0.293 e. The van der Waals surface area contributed by atoms with Gasteiger partial charge in [-0.2, -0.15) is 9.50 Å². The van der Waals surface area contributed by atoms with Crippen molar-refractivity contribution in [2.75, 3.05) is 5.32 Å². The second-order valence-corrected chi connectivity index (χ2v) is 3.58. The quantitative estimate of drug-likeness (QED) is 0.805. The second kappa shape index (κ2) is 4.72. The molecule has 2 heterocycles. The number of halogens is 2. The summed E-state index contributed by atoms with van der Waals surface area (Å²) in [6.45, 7) is 2.94. The van der Waals surface area contributed by atoms with Crippen molar-refractivity contribution in [3.8, 4) is 0 Å². The number of nitrogens with one attached hydrogen (secondary N) is 2. The zero-order valence-electron chi connectivity index (χ0n) is 8.94. The summed E-state index contributed by atoms with van der Waals surface area (Å²) in [4.78, 5) is 30.4. The summed E-state index contributed by atoms with van der Waals surface area (Å²) in [5.41, 5.74) is -0.0548. The molecule has 0 atom stereocenters. The molecule has 9 heteroatoms. The van der Waals surface area contributed by atoms with Crippen LogP contribution in [0.5, 0.6) is 0 Å². The van der Waals surface area contributed by atoms with Gasteiger partial charge in [-0.25, -0.2) is 4.98 Å². The predicted molar refractivity (Wildman–Crippen MR) is 64.9 cm³/mol. The number of rotatable bonds is 1. The van der Waals surface area contributed by atoms with Crippen LogP contribution in [0.1, 0.15) is 12.6 Å².